The Morgan fingerprint density at radius 2 is 2.11 bits per heavy atom. The number of rotatable bonds is 5. The molecular formula is C14H27N3O2. The molecule has 2 atom stereocenters. The lowest BCUT2D eigenvalue weighted by molar-refractivity contribution is -0.138. The maximum Gasteiger partial charge on any atom is 0.244 e. The van der Waals surface area contributed by atoms with Gasteiger partial charge in [-0.1, -0.05) is 13.3 Å². The summed E-state index contributed by atoms with van der Waals surface area (Å²) in [6, 6.07) is -0.460. The molecule has 0 aromatic heterocycles. The van der Waals surface area contributed by atoms with Crippen LogP contribution in [0.1, 0.15) is 39.5 Å². The Kier molecular flexibility index (Phi) is 5.79. The Morgan fingerprint density at radius 3 is 2.58 bits per heavy atom. The third kappa shape index (κ3) is 3.93. The molecule has 0 aliphatic carbocycles. The molecule has 0 aromatic carbocycles. The van der Waals surface area contributed by atoms with Crippen molar-refractivity contribution in [3.63, 3.8) is 0 Å². The predicted molar refractivity (Wildman–Crippen MR) is 75.7 cm³/mol. The Balaban J connectivity index is 2.69. The first-order valence-electron chi connectivity index (χ1n) is 7.16. The first kappa shape index (κ1) is 16.0. The van der Waals surface area contributed by atoms with Crippen LogP contribution >= 0.6 is 0 Å². The lowest BCUT2D eigenvalue weighted by Gasteiger charge is -2.37. The van der Waals surface area contributed by atoms with Crippen LogP contribution in [0.2, 0.25) is 0 Å². The summed E-state index contributed by atoms with van der Waals surface area (Å²) in [4.78, 5) is 25.9. The quantitative estimate of drug-likeness (QED) is 0.774. The molecule has 5 heteroatoms. The second-order valence-electron chi connectivity index (χ2n) is 5.74. The van der Waals surface area contributed by atoms with E-state index >= 15 is 0 Å². The standard InChI is InChI=1S/C14H27N3O2/c1-5-7-14(8-6-9-15-10-14)13(19)16-11(2)12(18)17(3)4/h11,15H,5-10H2,1-4H3,(H,16,19). The zero-order valence-corrected chi connectivity index (χ0v) is 12.6. The summed E-state index contributed by atoms with van der Waals surface area (Å²) < 4.78 is 0. The second-order valence-corrected chi connectivity index (χ2v) is 5.74. The maximum absolute atomic E-state index is 12.5. The molecular weight excluding hydrogens is 242 g/mol. The highest BCUT2D eigenvalue weighted by Crippen LogP contribution is 2.32. The van der Waals surface area contributed by atoms with Crippen LogP contribution in [0.4, 0.5) is 0 Å². The van der Waals surface area contributed by atoms with Crippen molar-refractivity contribution >= 4 is 11.8 Å². The van der Waals surface area contributed by atoms with Crippen molar-refractivity contribution in [2.24, 2.45) is 5.41 Å². The summed E-state index contributed by atoms with van der Waals surface area (Å²) in [5.74, 6) is -0.0481. The van der Waals surface area contributed by atoms with Gasteiger partial charge < -0.3 is 15.5 Å². The minimum Gasteiger partial charge on any atom is -0.347 e. The molecule has 1 heterocycles. The Morgan fingerprint density at radius 1 is 1.42 bits per heavy atom. The summed E-state index contributed by atoms with van der Waals surface area (Å²) in [5.41, 5.74) is -0.339. The summed E-state index contributed by atoms with van der Waals surface area (Å²) >= 11 is 0. The average molecular weight is 269 g/mol. The van der Waals surface area contributed by atoms with Gasteiger partial charge in [0.2, 0.25) is 11.8 Å². The smallest absolute Gasteiger partial charge is 0.244 e. The average Bonchev–Trinajstić information content (AvgIpc) is 2.38. The summed E-state index contributed by atoms with van der Waals surface area (Å²) in [6.45, 7) is 5.54. The fourth-order valence-corrected chi connectivity index (χ4v) is 2.77. The van der Waals surface area contributed by atoms with Gasteiger partial charge in [-0.15, -0.1) is 0 Å². The van der Waals surface area contributed by atoms with Crippen LogP contribution < -0.4 is 10.6 Å². The van der Waals surface area contributed by atoms with Crippen LogP contribution in [-0.4, -0.2) is 49.9 Å². The maximum atomic E-state index is 12.5. The Labute approximate surface area is 116 Å². The van der Waals surface area contributed by atoms with Crippen molar-refractivity contribution in [1.29, 1.82) is 0 Å². The van der Waals surface area contributed by atoms with E-state index in [4.69, 9.17) is 0 Å². The van der Waals surface area contributed by atoms with Gasteiger partial charge in [-0.3, -0.25) is 9.59 Å². The van der Waals surface area contributed by atoms with E-state index in [1.165, 1.54) is 4.90 Å². The molecule has 1 fully saturated rings. The molecule has 1 saturated heterocycles. The molecule has 2 unspecified atom stereocenters. The molecule has 2 amide bonds. The van der Waals surface area contributed by atoms with E-state index in [9.17, 15) is 9.59 Å². The molecule has 0 radical (unpaired) electrons. The summed E-state index contributed by atoms with van der Waals surface area (Å²) in [6.07, 6.45) is 3.77. The van der Waals surface area contributed by atoms with Gasteiger partial charge in [-0.2, -0.15) is 0 Å². The van der Waals surface area contributed by atoms with Gasteiger partial charge in [-0.25, -0.2) is 0 Å². The molecule has 110 valence electrons. The number of nitrogens with one attached hydrogen (secondary N) is 2. The first-order chi connectivity index (χ1) is 8.93. The van der Waals surface area contributed by atoms with E-state index < -0.39 is 6.04 Å². The highest BCUT2D eigenvalue weighted by atomic mass is 16.2. The topological polar surface area (TPSA) is 61.4 Å². The molecule has 1 rings (SSSR count). The van der Waals surface area contributed by atoms with Crippen LogP contribution in [0, 0.1) is 5.41 Å². The van der Waals surface area contributed by atoms with Crippen molar-refractivity contribution in [1.82, 2.24) is 15.5 Å². The summed E-state index contributed by atoms with van der Waals surface area (Å²) in [7, 11) is 3.41. The highest BCUT2D eigenvalue weighted by Gasteiger charge is 2.39. The molecule has 0 aromatic rings. The van der Waals surface area contributed by atoms with Gasteiger partial charge in [0.1, 0.15) is 6.04 Å². The molecule has 19 heavy (non-hydrogen) atoms. The van der Waals surface area contributed by atoms with Gasteiger partial charge in [-0.05, 0) is 32.7 Å². The van der Waals surface area contributed by atoms with Gasteiger partial charge in [0, 0.05) is 20.6 Å². The number of amides is 2. The van der Waals surface area contributed by atoms with Gasteiger partial charge in [0.25, 0.3) is 0 Å². The molecule has 1 aliphatic heterocycles. The third-order valence-electron chi connectivity index (χ3n) is 3.84. The zero-order chi connectivity index (χ0) is 14.5. The molecule has 0 bridgehead atoms. The molecule has 5 nitrogen and oxygen atoms in total. The van der Waals surface area contributed by atoms with E-state index in [-0.39, 0.29) is 17.2 Å². The summed E-state index contributed by atoms with van der Waals surface area (Å²) in [5, 5.41) is 6.20. The number of likely N-dealkylation sites (N-methyl/N-ethyl adjacent to an activating group) is 1. The fourth-order valence-electron chi connectivity index (χ4n) is 2.77. The SMILES string of the molecule is CCCC1(C(=O)NC(C)C(=O)N(C)C)CCCNC1. The minimum absolute atomic E-state index is 0.0178. The zero-order valence-electron chi connectivity index (χ0n) is 12.6. The van der Waals surface area contributed by atoms with Crippen molar-refractivity contribution in [2.75, 3.05) is 27.2 Å². The monoisotopic (exact) mass is 269 g/mol. The number of nitrogens with zero attached hydrogens (tertiary/aromatic N) is 1. The Hall–Kier alpha value is -1.10. The van der Waals surface area contributed by atoms with Crippen molar-refractivity contribution < 1.29 is 9.59 Å². The minimum atomic E-state index is -0.460. The Bertz CT molecular complexity index is 317. The molecule has 1 aliphatic rings. The van der Waals surface area contributed by atoms with Crippen LogP contribution in [0.3, 0.4) is 0 Å². The first-order valence-corrected chi connectivity index (χ1v) is 7.16. The van der Waals surface area contributed by atoms with Crippen molar-refractivity contribution in [3.05, 3.63) is 0 Å². The van der Waals surface area contributed by atoms with Crippen LogP contribution in [-0.2, 0) is 9.59 Å². The van der Waals surface area contributed by atoms with Crippen LogP contribution in [0.15, 0.2) is 0 Å². The lowest BCUT2D eigenvalue weighted by atomic mass is 9.76. The van der Waals surface area contributed by atoms with Gasteiger partial charge in [0.15, 0.2) is 0 Å². The molecule has 0 spiro atoms. The number of hydrogen-bond donors (Lipinski definition) is 2. The highest BCUT2D eigenvalue weighted by molar-refractivity contribution is 5.89. The van der Waals surface area contributed by atoms with E-state index in [0.29, 0.717) is 0 Å². The third-order valence-corrected chi connectivity index (χ3v) is 3.84. The normalized spacial score (nSPS) is 24.6. The van der Waals surface area contributed by atoms with Crippen molar-refractivity contribution in [2.45, 2.75) is 45.6 Å². The van der Waals surface area contributed by atoms with Crippen LogP contribution in [0.25, 0.3) is 0 Å². The lowest BCUT2D eigenvalue weighted by Crippen LogP contribution is -2.54. The van der Waals surface area contributed by atoms with E-state index in [1.54, 1.807) is 21.0 Å². The number of hydrogen-bond acceptors (Lipinski definition) is 3. The fraction of sp³-hybridized carbons (Fsp3) is 0.857. The largest absolute Gasteiger partial charge is 0.347 e. The predicted octanol–water partition coefficient (Wildman–Crippen LogP) is 0.749. The molecule has 0 saturated carbocycles. The van der Waals surface area contributed by atoms with E-state index in [2.05, 4.69) is 17.6 Å². The van der Waals surface area contributed by atoms with Crippen molar-refractivity contribution in [3.8, 4) is 0 Å². The van der Waals surface area contributed by atoms with E-state index in [0.717, 1.165) is 38.8 Å². The van der Waals surface area contributed by atoms with Gasteiger partial charge >= 0.3 is 0 Å². The number of carbonyl (C=O) groups excluding carboxylic acids is 2. The number of piperidine rings is 1. The molecule has 2 N–H and O–H groups in total. The second kappa shape index (κ2) is 6.89. The van der Waals surface area contributed by atoms with E-state index in [1.807, 2.05) is 0 Å². The van der Waals surface area contributed by atoms with Gasteiger partial charge in [0.05, 0.1) is 5.41 Å². The number of carbonyl (C=O) groups is 2. The van der Waals surface area contributed by atoms with Crippen LogP contribution in [0.5, 0.6) is 0 Å².